The Labute approximate surface area is 178 Å². The zero-order valence-corrected chi connectivity index (χ0v) is 17.7. The van der Waals surface area contributed by atoms with Crippen molar-refractivity contribution in [1.29, 1.82) is 0 Å². The van der Waals surface area contributed by atoms with Gasteiger partial charge in [0, 0.05) is 10.6 Å². The van der Waals surface area contributed by atoms with Gasteiger partial charge in [0.15, 0.2) is 0 Å². The first kappa shape index (κ1) is 25.8. The molecule has 0 aromatic heterocycles. The Morgan fingerprint density at radius 3 is 2.30 bits per heavy atom. The van der Waals surface area contributed by atoms with Gasteiger partial charge in [0.25, 0.3) is 0 Å². The van der Waals surface area contributed by atoms with Crippen LogP contribution in [-0.2, 0) is 22.2 Å². The van der Waals surface area contributed by atoms with E-state index >= 15 is 0 Å². The fourth-order valence-corrected chi connectivity index (χ4v) is 3.53. The Morgan fingerprint density at radius 1 is 1.13 bits per heavy atom. The average molecular weight is 442 g/mol. The molecule has 0 spiro atoms. The molecule has 0 bridgehead atoms. The summed E-state index contributed by atoms with van der Waals surface area (Å²) < 4.78 is 43.3. The molecular formula is C22H25F3O4S. The van der Waals surface area contributed by atoms with Crippen LogP contribution in [0.15, 0.2) is 47.4 Å². The highest BCUT2D eigenvalue weighted by Crippen LogP contribution is 2.29. The van der Waals surface area contributed by atoms with Gasteiger partial charge < -0.3 is 9.84 Å². The van der Waals surface area contributed by atoms with Crippen molar-refractivity contribution in [3.05, 3.63) is 59.2 Å². The molecule has 0 aliphatic heterocycles. The molecule has 1 unspecified atom stereocenters. The van der Waals surface area contributed by atoms with Crippen LogP contribution >= 0.6 is 11.8 Å². The summed E-state index contributed by atoms with van der Waals surface area (Å²) in [5.41, 5.74) is 1.21. The second-order valence-corrected chi connectivity index (χ2v) is 7.65. The maximum absolute atomic E-state index is 12.6. The standard InChI is InChI=1S/C21H25F3O2S.CO2/c1-3-12-26-20-11-10-19(13-15(20)2)27-14-18(25)9-6-16-4-7-17(8-5-16)21(22,23)24;2-1-3/h4-5,7-8,10-11,13,18,25H,3,6,9,12,14H2,1-2H3;. The molecule has 2 aromatic rings. The van der Waals surface area contributed by atoms with Gasteiger partial charge in [-0.15, -0.1) is 11.8 Å². The molecule has 1 atom stereocenters. The Balaban J connectivity index is 0.00000141. The highest BCUT2D eigenvalue weighted by atomic mass is 32.2. The number of benzene rings is 2. The molecule has 8 heteroatoms. The Kier molecular flexibility index (Phi) is 11.3. The molecule has 0 aliphatic carbocycles. The van der Waals surface area contributed by atoms with Gasteiger partial charge in [-0.05, 0) is 67.6 Å². The minimum Gasteiger partial charge on any atom is -0.493 e. The van der Waals surface area contributed by atoms with Crippen molar-refractivity contribution in [2.45, 2.75) is 50.3 Å². The van der Waals surface area contributed by atoms with E-state index in [1.807, 2.05) is 25.1 Å². The molecule has 0 radical (unpaired) electrons. The third-order valence-electron chi connectivity index (χ3n) is 4.10. The summed E-state index contributed by atoms with van der Waals surface area (Å²) in [5, 5.41) is 10.2. The molecule has 0 saturated heterocycles. The first-order chi connectivity index (χ1) is 14.2. The zero-order chi connectivity index (χ0) is 22.6. The first-order valence-corrected chi connectivity index (χ1v) is 10.4. The number of aliphatic hydroxyl groups is 1. The molecule has 0 heterocycles. The van der Waals surface area contributed by atoms with Crippen molar-refractivity contribution >= 4 is 17.9 Å². The monoisotopic (exact) mass is 442 g/mol. The molecule has 0 amide bonds. The summed E-state index contributed by atoms with van der Waals surface area (Å²) in [6.45, 7) is 4.75. The van der Waals surface area contributed by atoms with Gasteiger partial charge in [-0.1, -0.05) is 19.1 Å². The first-order valence-electron chi connectivity index (χ1n) is 9.41. The van der Waals surface area contributed by atoms with Crippen molar-refractivity contribution in [3.8, 4) is 5.75 Å². The molecule has 1 N–H and O–H groups in total. The number of halogens is 3. The number of thioether (sulfide) groups is 1. The lowest BCUT2D eigenvalue weighted by atomic mass is 10.1. The number of carbonyl (C=O) groups excluding carboxylic acids is 2. The Hall–Kier alpha value is -2.28. The Bertz CT molecular complexity index is 801. The highest BCUT2D eigenvalue weighted by molar-refractivity contribution is 7.99. The largest absolute Gasteiger partial charge is 0.493 e. The lowest BCUT2D eigenvalue weighted by Gasteiger charge is -2.13. The zero-order valence-electron chi connectivity index (χ0n) is 16.9. The number of hydrogen-bond donors (Lipinski definition) is 1. The van der Waals surface area contributed by atoms with Crippen LogP contribution in [-0.4, -0.2) is 29.7 Å². The van der Waals surface area contributed by atoms with E-state index in [9.17, 15) is 18.3 Å². The summed E-state index contributed by atoms with van der Waals surface area (Å²) in [6.07, 6.45) is -2.57. The lowest BCUT2D eigenvalue weighted by Crippen LogP contribution is -2.11. The summed E-state index contributed by atoms with van der Waals surface area (Å²) in [5.74, 6) is 1.42. The van der Waals surface area contributed by atoms with Crippen LogP contribution in [0.4, 0.5) is 13.2 Å². The SMILES string of the molecule is CCCOc1ccc(SCC(O)CCc2ccc(C(F)(F)F)cc2)cc1C.O=C=O. The highest BCUT2D eigenvalue weighted by Gasteiger charge is 2.29. The Morgan fingerprint density at radius 2 is 1.77 bits per heavy atom. The van der Waals surface area contributed by atoms with Gasteiger partial charge in [-0.25, -0.2) is 0 Å². The average Bonchev–Trinajstić information content (AvgIpc) is 2.70. The minimum absolute atomic E-state index is 0.250. The molecule has 0 saturated carbocycles. The van der Waals surface area contributed by atoms with Crippen LogP contribution in [0, 0.1) is 6.92 Å². The summed E-state index contributed by atoms with van der Waals surface area (Å²) >= 11 is 1.56. The van der Waals surface area contributed by atoms with Crippen LogP contribution < -0.4 is 4.74 Å². The molecule has 0 fully saturated rings. The molecule has 4 nitrogen and oxygen atoms in total. The quantitative estimate of drug-likeness (QED) is 0.534. The van der Waals surface area contributed by atoms with Crippen LogP contribution in [0.5, 0.6) is 5.75 Å². The van der Waals surface area contributed by atoms with E-state index in [1.165, 1.54) is 12.1 Å². The third-order valence-corrected chi connectivity index (χ3v) is 5.24. The van der Waals surface area contributed by atoms with Crippen molar-refractivity contribution in [2.75, 3.05) is 12.4 Å². The third kappa shape index (κ3) is 9.48. The number of alkyl halides is 3. The van der Waals surface area contributed by atoms with Crippen molar-refractivity contribution in [2.24, 2.45) is 0 Å². The molecular weight excluding hydrogens is 417 g/mol. The predicted molar refractivity (Wildman–Crippen MR) is 108 cm³/mol. The number of aliphatic hydroxyl groups excluding tert-OH is 1. The van der Waals surface area contributed by atoms with E-state index in [1.54, 1.807) is 11.8 Å². The van der Waals surface area contributed by atoms with Crippen LogP contribution in [0.1, 0.15) is 36.5 Å². The number of rotatable bonds is 9. The van der Waals surface area contributed by atoms with Gasteiger partial charge in [-0.2, -0.15) is 22.8 Å². The lowest BCUT2D eigenvalue weighted by molar-refractivity contribution is -0.191. The summed E-state index contributed by atoms with van der Waals surface area (Å²) in [4.78, 5) is 17.3. The van der Waals surface area contributed by atoms with Crippen molar-refractivity contribution in [1.82, 2.24) is 0 Å². The normalized spacial score (nSPS) is 11.8. The predicted octanol–water partition coefficient (Wildman–Crippen LogP) is 5.30. The van der Waals surface area contributed by atoms with Crippen LogP contribution in [0.2, 0.25) is 0 Å². The van der Waals surface area contributed by atoms with Crippen LogP contribution in [0.3, 0.4) is 0 Å². The second-order valence-electron chi connectivity index (χ2n) is 6.56. The van der Waals surface area contributed by atoms with Crippen molar-refractivity contribution < 1.29 is 32.6 Å². The van der Waals surface area contributed by atoms with Gasteiger partial charge in [0.05, 0.1) is 18.3 Å². The fourth-order valence-electron chi connectivity index (χ4n) is 2.56. The van der Waals surface area contributed by atoms with Gasteiger partial charge in [0.1, 0.15) is 5.75 Å². The van der Waals surface area contributed by atoms with E-state index in [-0.39, 0.29) is 6.15 Å². The second kappa shape index (κ2) is 13.1. The van der Waals surface area contributed by atoms with Gasteiger partial charge in [-0.3, -0.25) is 0 Å². The number of hydrogen-bond acceptors (Lipinski definition) is 5. The maximum Gasteiger partial charge on any atom is 0.416 e. The minimum atomic E-state index is -4.32. The van der Waals surface area contributed by atoms with E-state index in [2.05, 4.69) is 6.92 Å². The smallest absolute Gasteiger partial charge is 0.416 e. The van der Waals surface area contributed by atoms with Gasteiger partial charge in [0.2, 0.25) is 0 Å². The fraction of sp³-hybridized carbons (Fsp3) is 0.409. The topological polar surface area (TPSA) is 63.6 Å². The number of ether oxygens (including phenoxy) is 1. The summed E-state index contributed by atoms with van der Waals surface area (Å²) in [7, 11) is 0. The molecule has 2 aromatic carbocycles. The molecule has 0 aliphatic rings. The van der Waals surface area contributed by atoms with Crippen LogP contribution in [0.25, 0.3) is 0 Å². The molecule has 164 valence electrons. The van der Waals surface area contributed by atoms with E-state index < -0.39 is 17.8 Å². The van der Waals surface area contributed by atoms with Crippen molar-refractivity contribution in [3.63, 3.8) is 0 Å². The molecule has 30 heavy (non-hydrogen) atoms. The van der Waals surface area contributed by atoms with E-state index in [4.69, 9.17) is 14.3 Å². The van der Waals surface area contributed by atoms with E-state index in [0.717, 1.165) is 40.3 Å². The van der Waals surface area contributed by atoms with E-state index in [0.29, 0.717) is 25.2 Å². The number of aryl methyl sites for hydroxylation is 2. The van der Waals surface area contributed by atoms with Gasteiger partial charge >= 0.3 is 12.3 Å². The maximum atomic E-state index is 12.6. The summed E-state index contributed by atoms with van der Waals surface area (Å²) in [6, 6.07) is 11.1. The molecule has 2 rings (SSSR count).